The zero-order valence-corrected chi connectivity index (χ0v) is 12.8. The van der Waals surface area contributed by atoms with E-state index in [-0.39, 0.29) is 16.0 Å². The standard InChI is InChI=1S/C13H19N3O4S/c1-9(2)13(5-6-13)8-15-21(19,20)12-4-3-10(14)7-11(12)16(17)18/h3-4,7,9,15H,5-6,8,14H2,1-2H3. The maximum absolute atomic E-state index is 12.3. The Balaban J connectivity index is 2.26. The molecule has 1 aromatic rings. The van der Waals surface area contributed by atoms with Gasteiger partial charge in [0, 0.05) is 18.3 Å². The molecule has 0 spiro atoms. The summed E-state index contributed by atoms with van der Waals surface area (Å²) in [6, 6.07) is 3.57. The lowest BCUT2D eigenvalue weighted by Crippen LogP contribution is -2.33. The minimum absolute atomic E-state index is 0.0182. The topological polar surface area (TPSA) is 115 Å². The highest BCUT2D eigenvalue weighted by Crippen LogP contribution is 2.51. The molecule has 1 saturated carbocycles. The van der Waals surface area contributed by atoms with Gasteiger partial charge in [-0.1, -0.05) is 13.8 Å². The first-order valence-corrected chi connectivity index (χ1v) is 8.20. The second-order valence-electron chi connectivity index (χ2n) is 5.83. The number of nitro benzene ring substituents is 1. The number of nitro groups is 1. The van der Waals surface area contributed by atoms with Gasteiger partial charge in [-0.15, -0.1) is 0 Å². The summed E-state index contributed by atoms with van der Waals surface area (Å²) >= 11 is 0. The molecule has 0 amide bonds. The Bertz CT molecular complexity index is 666. The molecule has 0 atom stereocenters. The molecule has 0 aliphatic heterocycles. The number of benzene rings is 1. The van der Waals surface area contributed by atoms with Crippen molar-refractivity contribution in [3.63, 3.8) is 0 Å². The predicted octanol–water partition coefficient (Wildman–Crippen LogP) is 1.89. The van der Waals surface area contributed by atoms with E-state index in [2.05, 4.69) is 4.72 Å². The number of nitrogens with zero attached hydrogens (tertiary/aromatic N) is 1. The average Bonchev–Trinajstić information content (AvgIpc) is 3.17. The Morgan fingerprint density at radius 2 is 2.05 bits per heavy atom. The van der Waals surface area contributed by atoms with Crippen LogP contribution >= 0.6 is 0 Å². The minimum atomic E-state index is -3.93. The zero-order chi connectivity index (χ0) is 15.8. The van der Waals surface area contributed by atoms with Gasteiger partial charge in [-0.3, -0.25) is 10.1 Å². The van der Waals surface area contributed by atoms with Crippen LogP contribution < -0.4 is 10.5 Å². The van der Waals surface area contributed by atoms with E-state index in [0.717, 1.165) is 18.9 Å². The van der Waals surface area contributed by atoms with Crippen LogP contribution in [-0.4, -0.2) is 19.9 Å². The summed E-state index contributed by atoms with van der Waals surface area (Å²) in [5.74, 6) is 0.363. The summed E-state index contributed by atoms with van der Waals surface area (Å²) in [5, 5.41) is 11.0. The molecule has 0 saturated heterocycles. The van der Waals surface area contributed by atoms with E-state index >= 15 is 0 Å². The molecule has 1 aliphatic rings. The third kappa shape index (κ3) is 3.16. The summed E-state index contributed by atoms with van der Waals surface area (Å²) in [4.78, 5) is 9.92. The number of hydrogen-bond acceptors (Lipinski definition) is 5. The summed E-state index contributed by atoms with van der Waals surface area (Å²) in [5.41, 5.74) is 5.11. The van der Waals surface area contributed by atoms with Gasteiger partial charge in [0.05, 0.1) is 4.92 Å². The van der Waals surface area contributed by atoms with Crippen LogP contribution in [0.5, 0.6) is 0 Å². The predicted molar refractivity (Wildman–Crippen MR) is 79.2 cm³/mol. The monoisotopic (exact) mass is 313 g/mol. The zero-order valence-electron chi connectivity index (χ0n) is 12.0. The molecule has 1 fully saturated rings. The van der Waals surface area contributed by atoms with Crippen LogP contribution in [0.4, 0.5) is 11.4 Å². The number of sulfonamides is 1. The van der Waals surface area contributed by atoms with Gasteiger partial charge in [0.2, 0.25) is 10.0 Å². The molecule has 7 nitrogen and oxygen atoms in total. The number of anilines is 1. The van der Waals surface area contributed by atoms with Gasteiger partial charge in [-0.25, -0.2) is 13.1 Å². The molecule has 8 heteroatoms. The summed E-state index contributed by atoms with van der Waals surface area (Å²) in [6.45, 7) is 4.40. The molecular weight excluding hydrogens is 294 g/mol. The molecule has 2 rings (SSSR count). The van der Waals surface area contributed by atoms with Crippen molar-refractivity contribution in [1.29, 1.82) is 0 Å². The van der Waals surface area contributed by atoms with Crippen molar-refractivity contribution in [3.05, 3.63) is 28.3 Å². The third-order valence-electron chi connectivity index (χ3n) is 4.20. The van der Waals surface area contributed by atoms with Gasteiger partial charge >= 0.3 is 0 Å². The van der Waals surface area contributed by atoms with Crippen molar-refractivity contribution in [2.45, 2.75) is 31.6 Å². The highest BCUT2D eigenvalue weighted by atomic mass is 32.2. The summed E-state index contributed by atoms with van der Waals surface area (Å²) < 4.78 is 27.1. The largest absolute Gasteiger partial charge is 0.399 e. The van der Waals surface area contributed by atoms with Crippen LogP contribution in [0.25, 0.3) is 0 Å². The second kappa shape index (κ2) is 5.27. The highest BCUT2D eigenvalue weighted by Gasteiger charge is 2.46. The molecule has 0 radical (unpaired) electrons. The highest BCUT2D eigenvalue weighted by molar-refractivity contribution is 7.89. The average molecular weight is 313 g/mol. The van der Waals surface area contributed by atoms with E-state index in [1.165, 1.54) is 12.1 Å². The number of nitrogens with two attached hydrogens (primary N) is 1. The second-order valence-corrected chi connectivity index (χ2v) is 7.56. The Morgan fingerprint density at radius 3 is 2.52 bits per heavy atom. The van der Waals surface area contributed by atoms with E-state index < -0.39 is 20.6 Å². The van der Waals surface area contributed by atoms with Gasteiger partial charge < -0.3 is 5.73 Å². The van der Waals surface area contributed by atoms with Gasteiger partial charge in [-0.05, 0) is 36.3 Å². The smallest absolute Gasteiger partial charge is 0.291 e. The molecule has 116 valence electrons. The van der Waals surface area contributed by atoms with Crippen LogP contribution in [0.2, 0.25) is 0 Å². The van der Waals surface area contributed by atoms with Crippen molar-refractivity contribution in [2.75, 3.05) is 12.3 Å². The number of hydrogen-bond donors (Lipinski definition) is 2. The van der Waals surface area contributed by atoms with Crippen LogP contribution in [0.1, 0.15) is 26.7 Å². The van der Waals surface area contributed by atoms with Gasteiger partial charge in [0.1, 0.15) is 0 Å². The molecular formula is C13H19N3O4S. The van der Waals surface area contributed by atoms with Crippen LogP contribution in [0.3, 0.4) is 0 Å². The number of nitrogen functional groups attached to an aromatic ring is 1. The lowest BCUT2D eigenvalue weighted by atomic mass is 9.93. The number of rotatable bonds is 6. The fraction of sp³-hybridized carbons (Fsp3) is 0.538. The van der Waals surface area contributed by atoms with Crippen LogP contribution in [0, 0.1) is 21.4 Å². The Hall–Kier alpha value is -1.67. The van der Waals surface area contributed by atoms with Crippen molar-refractivity contribution in [1.82, 2.24) is 4.72 Å². The van der Waals surface area contributed by atoms with E-state index in [4.69, 9.17) is 5.73 Å². The lowest BCUT2D eigenvalue weighted by molar-refractivity contribution is -0.387. The molecule has 21 heavy (non-hydrogen) atoms. The Kier molecular flexibility index (Phi) is 3.94. The van der Waals surface area contributed by atoms with Gasteiger partial charge in [0.25, 0.3) is 5.69 Å². The van der Waals surface area contributed by atoms with Gasteiger partial charge in [0.15, 0.2) is 4.90 Å². The maximum atomic E-state index is 12.3. The molecule has 1 aliphatic carbocycles. The van der Waals surface area contributed by atoms with Crippen molar-refractivity contribution in [3.8, 4) is 0 Å². The lowest BCUT2D eigenvalue weighted by Gasteiger charge is -2.20. The third-order valence-corrected chi connectivity index (χ3v) is 5.65. The van der Waals surface area contributed by atoms with Gasteiger partial charge in [-0.2, -0.15) is 0 Å². The number of nitrogens with one attached hydrogen (secondary N) is 1. The first kappa shape index (κ1) is 15.7. The fourth-order valence-electron chi connectivity index (χ4n) is 2.34. The first-order valence-electron chi connectivity index (χ1n) is 6.71. The van der Waals surface area contributed by atoms with E-state index in [1.54, 1.807) is 0 Å². The van der Waals surface area contributed by atoms with Crippen molar-refractivity contribution < 1.29 is 13.3 Å². The summed E-state index contributed by atoms with van der Waals surface area (Å²) in [6.07, 6.45) is 1.94. The quantitative estimate of drug-likeness (QED) is 0.472. The molecule has 0 heterocycles. The molecule has 0 unspecified atom stereocenters. The Labute approximate surface area is 123 Å². The van der Waals surface area contributed by atoms with E-state index in [1.807, 2.05) is 13.8 Å². The molecule has 1 aromatic carbocycles. The van der Waals surface area contributed by atoms with E-state index in [9.17, 15) is 18.5 Å². The molecule has 0 aromatic heterocycles. The van der Waals surface area contributed by atoms with Crippen LogP contribution in [-0.2, 0) is 10.0 Å². The maximum Gasteiger partial charge on any atom is 0.291 e. The minimum Gasteiger partial charge on any atom is -0.399 e. The Morgan fingerprint density at radius 1 is 1.43 bits per heavy atom. The normalized spacial score (nSPS) is 16.9. The fourth-order valence-corrected chi connectivity index (χ4v) is 3.63. The van der Waals surface area contributed by atoms with Crippen molar-refractivity contribution >= 4 is 21.4 Å². The van der Waals surface area contributed by atoms with Crippen LogP contribution in [0.15, 0.2) is 23.1 Å². The van der Waals surface area contributed by atoms with Crippen molar-refractivity contribution in [2.24, 2.45) is 11.3 Å². The summed E-state index contributed by atoms with van der Waals surface area (Å²) in [7, 11) is -3.93. The SMILES string of the molecule is CC(C)C1(CNS(=O)(=O)c2ccc(N)cc2[N+](=O)[O-])CC1. The molecule has 3 N–H and O–H groups in total. The first-order chi connectivity index (χ1) is 9.68. The van der Waals surface area contributed by atoms with E-state index in [0.29, 0.717) is 12.5 Å². The molecule has 0 bridgehead atoms.